The number of benzene rings is 2. The standard InChI is InChI=1S/C25H20F6O3/c1-5-9-15(3)17-11-7-13-19(21(17)24(26,27)28)33-23(32)34-20-14-8-12-18(16(4)10-6-2)22(20)25(29,30)31/h7-8,11-16H,1-4H3. The van der Waals surface area contributed by atoms with Crippen LogP contribution < -0.4 is 9.47 Å². The third-order valence-electron chi connectivity index (χ3n) is 4.73. The predicted molar refractivity (Wildman–Crippen MR) is 113 cm³/mol. The topological polar surface area (TPSA) is 35.5 Å². The molecule has 2 unspecified atom stereocenters. The molecule has 0 bridgehead atoms. The van der Waals surface area contributed by atoms with Gasteiger partial charge in [0.05, 0.1) is 0 Å². The monoisotopic (exact) mass is 482 g/mol. The second-order valence-corrected chi connectivity index (χ2v) is 7.12. The van der Waals surface area contributed by atoms with Crippen molar-refractivity contribution in [1.82, 2.24) is 0 Å². The van der Waals surface area contributed by atoms with E-state index in [4.69, 9.17) is 9.47 Å². The van der Waals surface area contributed by atoms with Crippen LogP contribution in [0.2, 0.25) is 0 Å². The summed E-state index contributed by atoms with van der Waals surface area (Å²) >= 11 is 0. The van der Waals surface area contributed by atoms with Crippen molar-refractivity contribution in [1.29, 1.82) is 0 Å². The van der Waals surface area contributed by atoms with Crippen molar-refractivity contribution in [2.45, 2.75) is 51.9 Å². The van der Waals surface area contributed by atoms with E-state index in [-0.39, 0.29) is 11.1 Å². The summed E-state index contributed by atoms with van der Waals surface area (Å²) in [5.74, 6) is 6.69. The molecule has 0 spiro atoms. The maximum atomic E-state index is 13.8. The number of ether oxygens (including phenoxy) is 2. The summed E-state index contributed by atoms with van der Waals surface area (Å²) in [6, 6.07) is 6.54. The Bertz CT molecular complexity index is 1080. The smallest absolute Gasteiger partial charge is 0.394 e. The van der Waals surface area contributed by atoms with E-state index in [1.165, 1.54) is 52.0 Å². The summed E-state index contributed by atoms with van der Waals surface area (Å²) in [7, 11) is 0. The average Bonchev–Trinajstić information content (AvgIpc) is 2.72. The highest BCUT2D eigenvalue weighted by Gasteiger charge is 2.40. The number of carbonyl (C=O) groups excluding carboxylic acids is 1. The van der Waals surface area contributed by atoms with Crippen molar-refractivity contribution < 1.29 is 40.6 Å². The van der Waals surface area contributed by atoms with Gasteiger partial charge < -0.3 is 9.47 Å². The van der Waals surface area contributed by atoms with E-state index in [2.05, 4.69) is 23.7 Å². The van der Waals surface area contributed by atoms with E-state index in [1.54, 1.807) is 0 Å². The van der Waals surface area contributed by atoms with E-state index < -0.39 is 53.0 Å². The van der Waals surface area contributed by atoms with Crippen molar-refractivity contribution in [3.63, 3.8) is 0 Å². The van der Waals surface area contributed by atoms with Crippen LogP contribution in [-0.2, 0) is 12.4 Å². The van der Waals surface area contributed by atoms with Crippen molar-refractivity contribution in [2.24, 2.45) is 0 Å². The largest absolute Gasteiger partial charge is 0.519 e. The fourth-order valence-electron chi connectivity index (χ4n) is 3.38. The lowest BCUT2D eigenvalue weighted by molar-refractivity contribution is -0.139. The van der Waals surface area contributed by atoms with Crippen molar-refractivity contribution in [2.75, 3.05) is 0 Å². The molecule has 0 aliphatic rings. The Labute approximate surface area is 193 Å². The Balaban J connectivity index is 2.49. The molecule has 0 radical (unpaired) electrons. The van der Waals surface area contributed by atoms with Gasteiger partial charge in [0.15, 0.2) is 0 Å². The molecule has 3 nitrogen and oxygen atoms in total. The minimum Gasteiger partial charge on any atom is -0.394 e. The van der Waals surface area contributed by atoms with E-state index in [0.717, 1.165) is 12.1 Å². The van der Waals surface area contributed by atoms with E-state index in [1.807, 2.05) is 0 Å². The SMILES string of the molecule is CC#CC(C)c1cccc(OC(=O)Oc2cccc(C(C)C#CC)c2C(F)(F)F)c1C(F)(F)F. The molecule has 0 saturated carbocycles. The second-order valence-electron chi connectivity index (χ2n) is 7.12. The Hall–Kier alpha value is -3.59. The molecule has 0 N–H and O–H groups in total. The van der Waals surface area contributed by atoms with Gasteiger partial charge >= 0.3 is 18.5 Å². The van der Waals surface area contributed by atoms with Gasteiger partial charge in [0, 0.05) is 11.8 Å². The summed E-state index contributed by atoms with van der Waals surface area (Å²) in [4.78, 5) is 12.3. The minimum absolute atomic E-state index is 0.253. The highest BCUT2D eigenvalue weighted by atomic mass is 19.4. The molecule has 0 heterocycles. The van der Waals surface area contributed by atoms with Crippen LogP contribution in [0.5, 0.6) is 11.5 Å². The van der Waals surface area contributed by atoms with Crippen LogP contribution in [0.25, 0.3) is 0 Å². The Morgan fingerprint density at radius 3 is 1.38 bits per heavy atom. The van der Waals surface area contributed by atoms with Crippen LogP contribution in [0.1, 0.15) is 61.8 Å². The lowest BCUT2D eigenvalue weighted by Crippen LogP contribution is -2.21. The molecule has 180 valence electrons. The quantitative estimate of drug-likeness (QED) is 0.195. The number of alkyl halides is 6. The maximum absolute atomic E-state index is 13.8. The Kier molecular flexibility index (Phi) is 8.28. The lowest BCUT2D eigenvalue weighted by atomic mass is 9.95. The van der Waals surface area contributed by atoms with E-state index in [0.29, 0.717) is 0 Å². The van der Waals surface area contributed by atoms with Crippen LogP contribution in [0.4, 0.5) is 31.1 Å². The van der Waals surface area contributed by atoms with E-state index >= 15 is 0 Å². The molecular formula is C25H20F6O3. The second kappa shape index (κ2) is 10.6. The molecule has 2 atom stereocenters. The van der Waals surface area contributed by atoms with Crippen molar-refractivity contribution >= 4 is 6.16 Å². The fourth-order valence-corrected chi connectivity index (χ4v) is 3.38. The molecule has 9 heteroatoms. The van der Waals surface area contributed by atoms with Crippen LogP contribution in [0.15, 0.2) is 36.4 Å². The summed E-state index contributed by atoms with van der Waals surface area (Å²) in [6.07, 6.45) is -11.6. The number of hydrogen-bond donors (Lipinski definition) is 0. The number of carbonyl (C=O) groups is 1. The lowest BCUT2D eigenvalue weighted by Gasteiger charge is -2.20. The van der Waals surface area contributed by atoms with Crippen molar-refractivity contribution in [3.05, 3.63) is 58.7 Å². The normalized spacial score (nSPS) is 13.0. The molecule has 0 amide bonds. The number of hydrogen-bond acceptors (Lipinski definition) is 3. The summed E-state index contributed by atoms with van der Waals surface area (Å²) < 4.78 is 92.1. The summed E-state index contributed by atoms with van der Waals surface area (Å²) in [5, 5.41) is 0. The molecule has 2 aromatic rings. The van der Waals surface area contributed by atoms with Gasteiger partial charge in [0.2, 0.25) is 0 Å². The highest BCUT2D eigenvalue weighted by molar-refractivity contribution is 5.69. The molecule has 0 saturated heterocycles. The maximum Gasteiger partial charge on any atom is 0.519 e. The van der Waals surface area contributed by atoms with Crippen molar-refractivity contribution in [3.8, 4) is 35.2 Å². The van der Waals surface area contributed by atoms with E-state index in [9.17, 15) is 31.1 Å². The van der Waals surface area contributed by atoms with Crippen LogP contribution in [-0.4, -0.2) is 6.16 Å². The first-order valence-corrected chi connectivity index (χ1v) is 9.95. The van der Waals surface area contributed by atoms with Crippen LogP contribution in [0, 0.1) is 23.7 Å². The Morgan fingerprint density at radius 2 is 1.09 bits per heavy atom. The predicted octanol–water partition coefficient (Wildman–Crippen LogP) is 7.56. The van der Waals surface area contributed by atoms with Gasteiger partial charge in [-0.1, -0.05) is 36.1 Å². The molecule has 0 aromatic heterocycles. The van der Waals surface area contributed by atoms with Crippen LogP contribution >= 0.6 is 0 Å². The number of halogens is 6. The minimum atomic E-state index is -4.93. The Morgan fingerprint density at radius 1 is 0.735 bits per heavy atom. The van der Waals surface area contributed by atoms with Gasteiger partial charge in [-0.05, 0) is 51.0 Å². The molecule has 0 aliphatic heterocycles. The molecular weight excluding hydrogens is 462 g/mol. The van der Waals surface area contributed by atoms with Gasteiger partial charge in [0.1, 0.15) is 22.6 Å². The zero-order chi connectivity index (χ0) is 25.7. The first kappa shape index (κ1) is 26.7. The zero-order valence-electron chi connectivity index (χ0n) is 18.6. The third kappa shape index (κ3) is 6.26. The highest BCUT2D eigenvalue weighted by Crippen LogP contribution is 2.43. The van der Waals surface area contributed by atoms with Gasteiger partial charge in [-0.2, -0.15) is 26.3 Å². The summed E-state index contributed by atoms with van der Waals surface area (Å²) in [6.45, 7) is 5.79. The van der Waals surface area contributed by atoms with Gasteiger partial charge in [0.25, 0.3) is 0 Å². The zero-order valence-corrected chi connectivity index (χ0v) is 18.6. The third-order valence-corrected chi connectivity index (χ3v) is 4.73. The molecule has 2 aromatic carbocycles. The molecule has 0 aliphatic carbocycles. The first-order chi connectivity index (χ1) is 15.8. The number of rotatable bonds is 4. The molecule has 0 fully saturated rings. The summed E-state index contributed by atoms with van der Waals surface area (Å²) in [5.41, 5.74) is -3.04. The first-order valence-electron chi connectivity index (χ1n) is 9.95. The average molecular weight is 482 g/mol. The van der Waals surface area contributed by atoms with Gasteiger partial charge in [-0.15, -0.1) is 11.8 Å². The molecule has 34 heavy (non-hydrogen) atoms. The van der Waals surface area contributed by atoms with Crippen LogP contribution in [0.3, 0.4) is 0 Å². The molecule has 2 rings (SSSR count). The van der Waals surface area contributed by atoms with Gasteiger partial charge in [-0.3, -0.25) is 0 Å². The van der Waals surface area contributed by atoms with Gasteiger partial charge in [-0.25, -0.2) is 4.79 Å². The fraction of sp³-hybridized carbons (Fsp3) is 0.320.